The summed E-state index contributed by atoms with van der Waals surface area (Å²) in [7, 11) is 0. The quantitative estimate of drug-likeness (QED) is 0.432. The SMILES string of the molecule is CC(C)=CCC[C@@H](C)[C@H]1CC[C@@]2(C(=O)O)C3=C(CC[C@]12C)[C@@]1(C)CCC(=O)C(C)(C)[C@@H]1CC3. The second-order valence-electron chi connectivity index (χ2n) is 13.2. The van der Waals surface area contributed by atoms with Crippen LogP contribution < -0.4 is 0 Å². The number of fused-ring (bicyclic) bond motifs is 4. The van der Waals surface area contributed by atoms with E-state index in [2.05, 4.69) is 54.5 Å². The van der Waals surface area contributed by atoms with Gasteiger partial charge in [0, 0.05) is 11.8 Å². The van der Waals surface area contributed by atoms with Gasteiger partial charge in [0.25, 0.3) is 0 Å². The van der Waals surface area contributed by atoms with Crippen molar-refractivity contribution in [2.24, 2.45) is 39.4 Å². The molecule has 0 amide bonds. The third-order valence-electron chi connectivity index (χ3n) is 11.2. The normalized spacial score (nSPS) is 40.5. The maximum Gasteiger partial charge on any atom is 0.314 e. The average Bonchev–Trinajstić information content (AvgIpc) is 3.05. The minimum Gasteiger partial charge on any atom is -0.481 e. The Balaban J connectivity index is 1.75. The summed E-state index contributed by atoms with van der Waals surface area (Å²) in [5.74, 6) is 1.15. The monoisotopic (exact) mass is 454 g/mol. The average molecular weight is 455 g/mol. The summed E-state index contributed by atoms with van der Waals surface area (Å²) in [6, 6.07) is 0. The molecule has 4 aliphatic carbocycles. The van der Waals surface area contributed by atoms with Gasteiger partial charge in [-0.1, -0.05) is 57.4 Å². The number of carbonyl (C=O) groups excluding carboxylic acids is 1. The minimum absolute atomic E-state index is 0.0259. The zero-order valence-corrected chi connectivity index (χ0v) is 22.1. The molecule has 0 aromatic heterocycles. The van der Waals surface area contributed by atoms with Gasteiger partial charge >= 0.3 is 5.97 Å². The number of carbonyl (C=O) groups is 2. The first-order chi connectivity index (χ1) is 15.3. The Morgan fingerprint density at radius 2 is 1.73 bits per heavy atom. The van der Waals surface area contributed by atoms with Crippen LogP contribution in [-0.4, -0.2) is 16.9 Å². The first-order valence-corrected chi connectivity index (χ1v) is 13.5. The molecule has 3 nitrogen and oxygen atoms in total. The van der Waals surface area contributed by atoms with Crippen molar-refractivity contribution in [3.05, 3.63) is 22.8 Å². The molecule has 0 spiro atoms. The van der Waals surface area contributed by atoms with Crippen LogP contribution in [0.1, 0.15) is 113 Å². The maximum absolute atomic E-state index is 13.2. The van der Waals surface area contributed by atoms with E-state index in [9.17, 15) is 14.7 Å². The predicted molar refractivity (Wildman–Crippen MR) is 134 cm³/mol. The fraction of sp³-hybridized carbons (Fsp3) is 0.800. The lowest BCUT2D eigenvalue weighted by atomic mass is 9.43. The van der Waals surface area contributed by atoms with Crippen LogP contribution in [0.25, 0.3) is 0 Å². The molecule has 0 bridgehead atoms. The number of carboxylic acid groups (broad SMARTS) is 1. The number of allylic oxidation sites excluding steroid dienone is 3. The van der Waals surface area contributed by atoms with Gasteiger partial charge in [0.05, 0.1) is 5.41 Å². The number of hydrogen-bond donors (Lipinski definition) is 1. The van der Waals surface area contributed by atoms with Crippen LogP contribution in [0.4, 0.5) is 0 Å². The molecule has 0 radical (unpaired) electrons. The Bertz CT molecular complexity index is 904. The highest BCUT2D eigenvalue weighted by Gasteiger charge is 2.68. The maximum atomic E-state index is 13.2. The van der Waals surface area contributed by atoms with E-state index < -0.39 is 11.4 Å². The fourth-order valence-corrected chi connectivity index (χ4v) is 9.39. The van der Waals surface area contributed by atoms with Gasteiger partial charge in [0.2, 0.25) is 0 Å². The van der Waals surface area contributed by atoms with Crippen molar-refractivity contribution in [3.63, 3.8) is 0 Å². The van der Waals surface area contributed by atoms with Gasteiger partial charge in [-0.05, 0) is 100 Å². The van der Waals surface area contributed by atoms with E-state index in [1.807, 2.05) is 0 Å². The van der Waals surface area contributed by atoms with Crippen molar-refractivity contribution < 1.29 is 14.7 Å². The molecule has 6 atom stereocenters. The number of aliphatic carboxylic acids is 1. The summed E-state index contributed by atoms with van der Waals surface area (Å²) in [6.45, 7) is 15.7. The van der Waals surface area contributed by atoms with E-state index in [0.717, 1.165) is 57.8 Å². The predicted octanol–water partition coefficient (Wildman–Crippen LogP) is 7.75. The van der Waals surface area contributed by atoms with Gasteiger partial charge in [-0.25, -0.2) is 0 Å². The third kappa shape index (κ3) is 3.34. The standard InChI is InChI=1S/C30H46O3/c1-19(2)9-8-10-20(3)21-14-18-30(26(32)33)23-11-12-24-27(4,5)25(31)15-16-28(24,6)22(23)13-17-29(21,30)7/h9,20-21,24H,8,10-18H2,1-7H3,(H,32,33)/t20-,21-,24+,28-,29-,30+/m1/s1. The Kier molecular flexibility index (Phi) is 6.07. The summed E-state index contributed by atoms with van der Waals surface area (Å²) < 4.78 is 0. The Morgan fingerprint density at radius 1 is 1.03 bits per heavy atom. The number of ketones is 1. The smallest absolute Gasteiger partial charge is 0.314 e. The van der Waals surface area contributed by atoms with E-state index in [-0.39, 0.29) is 16.2 Å². The zero-order chi connectivity index (χ0) is 24.4. The lowest BCUT2D eigenvalue weighted by Gasteiger charge is -2.60. The lowest BCUT2D eigenvalue weighted by Crippen LogP contribution is -2.56. The number of Topliss-reactive ketones (excluding diaryl/α,β-unsaturated/α-hetero) is 1. The zero-order valence-electron chi connectivity index (χ0n) is 22.1. The summed E-state index contributed by atoms with van der Waals surface area (Å²) in [5, 5.41) is 10.9. The second-order valence-corrected chi connectivity index (χ2v) is 13.2. The van der Waals surface area contributed by atoms with Crippen LogP contribution in [-0.2, 0) is 9.59 Å². The molecule has 0 aliphatic heterocycles. The van der Waals surface area contributed by atoms with Gasteiger partial charge in [0.1, 0.15) is 5.78 Å². The summed E-state index contributed by atoms with van der Waals surface area (Å²) in [6.07, 6.45) is 11.7. The van der Waals surface area contributed by atoms with Crippen molar-refractivity contribution >= 4 is 11.8 Å². The molecule has 0 aromatic rings. The van der Waals surface area contributed by atoms with Crippen LogP contribution in [0, 0.1) is 39.4 Å². The molecule has 0 saturated heterocycles. The van der Waals surface area contributed by atoms with Gasteiger partial charge < -0.3 is 5.11 Å². The second kappa shape index (κ2) is 8.09. The van der Waals surface area contributed by atoms with E-state index in [1.54, 1.807) is 0 Å². The highest BCUT2D eigenvalue weighted by atomic mass is 16.4. The summed E-state index contributed by atoms with van der Waals surface area (Å²) in [5.41, 5.74) is 2.87. The van der Waals surface area contributed by atoms with Gasteiger partial charge in [-0.15, -0.1) is 0 Å². The van der Waals surface area contributed by atoms with Crippen molar-refractivity contribution in [2.45, 2.75) is 113 Å². The first kappa shape index (κ1) is 24.7. The van der Waals surface area contributed by atoms with Crippen molar-refractivity contribution in [1.29, 1.82) is 0 Å². The van der Waals surface area contributed by atoms with Gasteiger partial charge in [-0.2, -0.15) is 0 Å². The van der Waals surface area contributed by atoms with E-state index in [4.69, 9.17) is 0 Å². The van der Waals surface area contributed by atoms with Crippen LogP contribution in [0.5, 0.6) is 0 Å². The number of rotatable bonds is 5. The molecule has 0 heterocycles. The van der Waals surface area contributed by atoms with Gasteiger partial charge in [-0.3, -0.25) is 9.59 Å². The molecule has 1 N–H and O–H groups in total. The summed E-state index contributed by atoms with van der Waals surface area (Å²) >= 11 is 0. The molecule has 0 aromatic carbocycles. The molecule has 0 unspecified atom stereocenters. The van der Waals surface area contributed by atoms with Crippen LogP contribution in [0.2, 0.25) is 0 Å². The molecule has 2 fully saturated rings. The molecular weight excluding hydrogens is 408 g/mol. The molecule has 4 rings (SSSR count). The molecular formula is C30H46O3. The van der Waals surface area contributed by atoms with Crippen molar-refractivity contribution in [2.75, 3.05) is 0 Å². The van der Waals surface area contributed by atoms with Gasteiger partial charge in [0.15, 0.2) is 0 Å². The Labute approximate surface area is 201 Å². The largest absolute Gasteiger partial charge is 0.481 e. The van der Waals surface area contributed by atoms with Crippen LogP contribution >= 0.6 is 0 Å². The molecule has 4 aliphatic rings. The summed E-state index contributed by atoms with van der Waals surface area (Å²) in [4.78, 5) is 26.0. The molecule has 33 heavy (non-hydrogen) atoms. The van der Waals surface area contributed by atoms with E-state index >= 15 is 0 Å². The van der Waals surface area contributed by atoms with Crippen molar-refractivity contribution in [1.82, 2.24) is 0 Å². The molecule has 3 heteroatoms. The highest BCUT2D eigenvalue weighted by molar-refractivity contribution is 5.86. The Hall–Kier alpha value is -1.38. The third-order valence-corrected chi connectivity index (χ3v) is 11.2. The van der Waals surface area contributed by atoms with Crippen molar-refractivity contribution in [3.8, 4) is 0 Å². The fourth-order valence-electron chi connectivity index (χ4n) is 9.39. The lowest BCUT2D eigenvalue weighted by molar-refractivity contribution is -0.157. The topological polar surface area (TPSA) is 54.4 Å². The first-order valence-electron chi connectivity index (χ1n) is 13.5. The number of hydrogen-bond acceptors (Lipinski definition) is 2. The van der Waals surface area contributed by atoms with E-state index in [0.29, 0.717) is 30.0 Å². The highest BCUT2D eigenvalue weighted by Crippen LogP contribution is 2.72. The molecule has 2 saturated carbocycles. The van der Waals surface area contributed by atoms with E-state index in [1.165, 1.54) is 16.7 Å². The van der Waals surface area contributed by atoms with Crippen LogP contribution in [0.3, 0.4) is 0 Å². The minimum atomic E-state index is -0.713. The molecule has 184 valence electrons. The van der Waals surface area contributed by atoms with Crippen LogP contribution in [0.15, 0.2) is 22.8 Å². The number of carboxylic acids is 1. The Morgan fingerprint density at radius 3 is 2.36 bits per heavy atom.